The predicted molar refractivity (Wildman–Crippen MR) is 261 cm³/mol. The average Bonchev–Trinajstić information content (AvgIpc) is 3.20. The zero-order valence-corrected chi connectivity index (χ0v) is 44.9. The maximum atomic E-state index is 10.8. The minimum Gasteiger partial charge on any atom is -0.726 e. The van der Waals surface area contributed by atoms with E-state index >= 15 is 0 Å². The van der Waals surface area contributed by atoms with Crippen LogP contribution in [0.5, 0.6) is 0 Å². The molecule has 0 rings (SSSR count). The SMILES string of the molecule is CCCCCCCCCCCCCCCCC(CCCCCCC)COS(=O)(=O)[O-].CCCCCCCCCCCCCCCCC(CCCCCCC)COS(=O)(=O)[O-].[Ca+2]. The van der Waals surface area contributed by atoms with Crippen LogP contribution >= 0.6 is 0 Å². The van der Waals surface area contributed by atoms with Crippen molar-refractivity contribution in [3.8, 4) is 0 Å². The molecule has 364 valence electrons. The maximum Gasteiger partial charge on any atom is 2.00 e. The molecule has 11 heteroatoms. The molecule has 0 bridgehead atoms. The van der Waals surface area contributed by atoms with Gasteiger partial charge in [0.25, 0.3) is 0 Å². The van der Waals surface area contributed by atoms with Crippen molar-refractivity contribution in [1.29, 1.82) is 0 Å². The summed E-state index contributed by atoms with van der Waals surface area (Å²) in [5.74, 6) is 0.403. The molecular weight excluding hydrogens is 833 g/mol. The van der Waals surface area contributed by atoms with Crippen molar-refractivity contribution in [3.05, 3.63) is 0 Å². The Morgan fingerprint density at radius 1 is 0.295 bits per heavy atom. The Morgan fingerprint density at radius 2 is 0.443 bits per heavy atom. The van der Waals surface area contributed by atoms with E-state index in [1.165, 1.54) is 218 Å². The fourth-order valence-electron chi connectivity index (χ4n) is 8.31. The van der Waals surface area contributed by atoms with Gasteiger partial charge in [0.1, 0.15) is 0 Å². The fourth-order valence-corrected chi connectivity index (χ4v) is 9.03. The third-order valence-electron chi connectivity index (χ3n) is 12.3. The zero-order chi connectivity index (χ0) is 44.7. The molecule has 0 aromatic heterocycles. The molecule has 2 unspecified atom stereocenters. The molecule has 8 nitrogen and oxygen atoms in total. The molecule has 0 heterocycles. The normalized spacial score (nSPS) is 12.8. The minimum atomic E-state index is -4.57. The van der Waals surface area contributed by atoms with Gasteiger partial charge in [-0.2, -0.15) is 0 Å². The van der Waals surface area contributed by atoms with E-state index < -0.39 is 20.8 Å². The molecular formula is C50H102CaO8S2. The topological polar surface area (TPSA) is 133 Å². The second kappa shape index (κ2) is 52.0. The van der Waals surface area contributed by atoms with Crippen molar-refractivity contribution in [2.45, 2.75) is 297 Å². The Morgan fingerprint density at radius 3 is 0.590 bits per heavy atom. The molecule has 0 saturated carbocycles. The minimum absolute atomic E-state index is 0. The van der Waals surface area contributed by atoms with E-state index in [0.29, 0.717) is 0 Å². The first kappa shape index (κ1) is 66.3. The second-order valence-corrected chi connectivity index (χ2v) is 20.4. The molecule has 0 aliphatic rings. The van der Waals surface area contributed by atoms with Crippen molar-refractivity contribution < 1.29 is 34.3 Å². The van der Waals surface area contributed by atoms with Gasteiger partial charge in [-0.25, -0.2) is 16.8 Å². The third-order valence-corrected chi connectivity index (χ3v) is 13.1. The smallest absolute Gasteiger partial charge is 0.726 e. The van der Waals surface area contributed by atoms with E-state index in [1.807, 2.05) is 0 Å². The molecule has 0 fully saturated rings. The molecule has 0 spiro atoms. The number of hydrogen-bond acceptors (Lipinski definition) is 8. The monoisotopic (exact) mass is 935 g/mol. The van der Waals surface area contributed by atoms with Gasteiger partial charge in [-0.15, -0.1) is 0 Å². The Bertz CT molecular complexity index is 962. The van der Waals surface area contributed by atoms with Crippen LogP contribution in [-0.2, 0) is 29.2 Å². The standard InChI is InChI=1S/2C25H52O4S.Ca/c2*1-3-5-7-9-10-11-12-13-14-15-16-17-19-21-23-25(24-29-30(26,27)28)22-20-18-8-6-4-2;/h2*25H,3-24H2,1-2H3,(H,26,27,28);/q;;+2/p-2. The Labute approximate surface area is 412 Å². The quantitative estimate of drug-likeness (QED) is 0.0255. The molecule has 0 radical (unpaired) electrons. The van der Waals surface area contributed by atoms with Gasteiger partial charge < -0.3 is 9.11 Å². The van der Waals surface area contributed by atoms with Crippen LogP contribution in [0.25, 0.3) is 0 Å². The van der Waals surface area contributed by atoms with E-state index in [0.717, 1.165) is 51.4 Å². The first-order chi connectivity index (χ1) is 29.0. The van der Waals surface area contributed by atoms with Crippen LogP contribution in [0.4, 0.5) is 0 Å². The van der Waals surface area contributed by atoms with Gasteiger partial charge >= 0.3 is 37.7 Å². The average molecular weight is 936 g/mol. The van der Waals surface area contributed by atoms with Gasteiger partial charge in [0, 0.05) is 0 Å². The van der Waals surface area contributed by atoms with Crippen LogP contribution in [0.3, 0.4) is 0 Å². The molecule has 0 aliphatic heterocycles. The van der Waals surface area contributed by atoms with Crippen molar-refractivity contribution in [3.63, 3.8) is 0 Å². The summed E-state index contributed by atoms with van der Waals surface area (Å²) in [6.45, 7) is 9.07. The second-order valence-electron chi connectivity index (χ2n) is 18.3. The summed E-state index contributed by atoms with van der Waals surface area (Å²) in [5, 5.41) is 0. The molecule has 0 aliphatic carbocycles. The summed E-state index contributed by atoms with van der Waals surface area (Å²) in [5.41, 5.74) is 0. The van der Waals surface area contributed by atoms with Crippen molar-refractivity contribution in [2.24, 2.45) is 11.8 Å². The summed E-state index contributed by atoms with van der Waals surface area (Å²) in [6, 6.07) is 0. The summed E-state index contributed by atoms with van der Waals surface area (Å²) < 4.78 is 73.8. The fraction of sp³-hybridized carbons (Fsp3) is 1.00. The molecule has 0 aromatic carbocycles. The first-order valence-corrected chi connectivity index (χ1v) is 28.9. The van der Waals surface area contributed by atoms with Gasteiger partial charge in [0.15, 0.2) is 0 Å². The Kier molecular flexibility index (Phi) is 56.5. The summed E-state index contributed by atoms with van der Waals surface area (Å²) >= 11 is 0. The van der Waals surface area contributed by atoms with Gasteiger partial charge in [0.05, 0.1) is 13.2 Å². The van der Waals surface area contributed by atoms with Crippen LogP contribution in [0.1, 0.15) is 297 Å². The van der Waals surface area contributed by atoms with Crippen LogP contribution in [0.2, 0.25) is 0 Å². The Balaban J connectivity index is -0.00000109. The predicted octanol–water partition coefficient (Wildman–Crippen LogP) is 16.2. The first-order valence-electron chi connectivity index (χ1n) is 26.2. The summed E-state index contributed by atoms with van der Waals surface area (Å²) in [7, 11) is -9.13. The largest absolute Gasteiger partial charge is 2.00 e. The molecule has 0 amide bonds. The number of hydrogen-bond donors (Lipinski definition) is 0. The number of unbranched alkanes of at least 4 members (excludes halogenated alkanes) is 34. The zero-order valence-electron chi connectivity index (χ0n) is 41.1. The van der Waals surface area contributed by atoms with Crippen LogP contribution in [0, 0.1) is 11.8 Å². The third kappa shape index (κ3) is 61.0. The summed E-state index contributed by atoms with van der Waals surface area (Å²) in [6.07, 6.45) is 53.4. The molecule has 0 aromatic rings. The van der Waals surface area contributed by atoms with E-state index in [1.54, 1.807) is 0 Å². The van der Waals surface area contributed by atoms with Crippen molar-refractivity contribution in [1.82, 2.24) is 0 Å². The maximum absolute atomic E-state index is 10.8. The molecule has 61 heavy (non-hydrogen) atoms. The van der Waals surface area contributed by atoms with Gasteiger partial charge in [-0.1, -0.05) is 272 Å². The van der Waals surface area contributed by atoms with E-state index in [-0.39, 0.29) is 62.8 Å². The van der Waals surface area contributed by atoms with Crippen LogP contribution < -0.4 is 0 Å². The number of rotatable bonds is 48. The molecule has 2 atom stereocenters. The van der Waals surface area contributed by atoms with Gasteiger partial charge in [-0.05, 0) is 37.5 Å². The molecule has 0 N–H and O–H groups in total. The van der Waals surface area contributed by atoms with Gasteiger partial charge in [-0.3, -0.25) is 8.37 Å². The van der Waals surface area contributed by atoms with Crippen molar-refractivity contribution in [2.75, 3.05) is 13.2 Å². The van der Waals surface area contributed by atoms with E-state index in [2.05, 4.69) is 36.1 Å². The van der Waals surface area contributed by atoms with E-state index in [9.17, 15) is 25.9 Å². The van der Waals surface area contributed by atoms with Gasteiger partial charge in [0.2, 0.25) is 20.8 Å². The van der Waals surface area contributed by atoms with Crippen LogP contribution in [-0.4, -0.2) is 76.9 Å². The van der Waals surface area contributed by atoms with Crippen LogP contribution in [0.15, 0.2) is 0 Å². The Hall–Kier alpha value is 1.000. The van der Waals surface area contributed by atoms with Crippen molar-refractivity contribution >= 4 is 58.5 Å². The van der Waals surface area contributed by atoms with E-state index in [4.69, 9.17) is 0 Å². The molecule has 0 saturated heterocycles. The summed E-state index contributed by atoms with van der Waals surface area (Å²) in [4.78, 5) is 0.